The second-order valence-corrected chi connectivity index (χ2v) is 8.33. The highest BCUT2D eigenvalue weighted by Gasteiger charge is 2.18. The number of carbonyl (C=O) groups is 2. The van der Waals surface area contributed by atoms with Crippen LogP contribution in [0.4, 0.5) is 11.4 Å². The molecule has 0 spiro atoms. The summed E-state index contributed by atoms with van der Waals surface area (Å²) in [5.74, 6) is -0.347. The summed E-state index contributed by atoms with van der Waals surface area (Å²) in [6.07, 6.45) is 3.17. The Bertz CT molecular complexity index is 1030. The van der Waals surface area contributed by atoms with Crippen molar-refractivity contribution in [2.45, 2.75) is 19.8 Å². The van der Waals surface area contributed by atoms with Crippen LogP contribution >= 0.6 is 12.2 Å². The molecule has 0 saturated carbocycles. The molecule has 0 bridgehead atoms. The third-order valence-corrected chi connectivity index (χ3v) is 5.49. The third-order valence-electron chi connectivity index (χ3n) is 5.28. The molecule has 8 heteroatoms. The van der Waals surface area contributed by atoms with Gasteiger partial charge >= 0.3 is 5.97 Å². The van der Waals surface area contributed by atoms with Gasteiger partial charge in [-0.2, -0.15) is 0 Å². The van der Waals surface area contributed by atoms with E-state index < -0.39 is 5.97 Å². The zero-order valence-electron chi connectivity index (χ0n) is 19.1. The predicted molar refractivity (Wildman–Crippen MR) is 135 cm³/mol. The monoisotopic (exact) mass is 467 g/mol. The number of nitrogens with one attached hydrogen (secondary N) is 2. The number of hydrogen-bond donors (Lipinski definition) is 2. The number of ether oxygens (including phenoxy) is 2. The van der Waals surface area contributed by atoms with Crippen molar-refractivity contribution in [3.05, 3.63) is 65.2 Å². The van der Waals surface area contributed by atoms with E-state index in [1.165, 1.54) is 18.7 Å². The second-order valence-electron chi connectivity index (χ2n) is 7.92. The average Bonchev–Trinajstić information content (AvgIpc) is 2.83. The first-order valence-electron chi connectivity index (χ1n) is 10.8. The maximum absolute atomic E-state index is 12.4. The van der Waals surface area contributed by atoms with E-state index in [0.29, 0.717) is 43.5 Å². The molecule has 1 fully saturated rings. The van der Waals surface area contributed by atoms with Gasteiger partial charge in [0.2, 0.25) is 5.91 Å². The van der Waals surface area contributed by atoms with Crippen molar-refractivity contribution in [3.8, 4) is 0 Å². The Labute approximate surface area is 199 Å². The van der Waals surface area contributed by atoms with Gasteiger partial charge in [-0.1, -0.05) is 38.1 Å². The fourth-order valence-corrected chi connectivity index (χ4v) is 3.64. The van der Waals surface area contributed by atoms with E-state index in [0.717, 1.165) is 11.3 Å². The van der Waals surface area contributed by atoms with E-state index in [-0.39, 0.29) is 11.0 Å². The molecule has 1 saturated heterocycles. The lowest BCUT2D eigenvalue weighted by molar-refractivity contribution is -0.115. The standard InChI is InChI=1S/C25H29N3O4S/c1-17(2)19-7-4-18(5-8-19)6-11-23(29)27-25(33)26-21-16-20(24(30)31-3)9-10-22(21)28-12-14-32-15-13-28/h4-11,16-17H,12-15H2,1-3H3,(H2,26,27,29,33)/b11-6+. The van der Waals surface area contributed by atoms with Crippen LogP contribution in [0.25, 0.3) is 6.08 Å². The fraction of sp³-hybridized carbons (Fsp3) is 0.320. The van der Waals surface area contributed by atoms with Crippen LogP contribution in [-0.2, 0) is 14.3 Å². The van der Waals surface area contributed by atoms with Crippen molar-refractivity contribution in [2.24, 2.45) is 0 Å². The molecular formula is C25H29N3O4S. The molecule has 1 aliphatic rings. The summed E-state index contributed by atoms with van der Waals surface area (Å²) in [6.45, 7) is 6.92. The van der Waals surface area contributed by atoms with Crippen molar-refractivity contribution >= 4 is 46.7 Å². The van der Waals surface area contributed by atoms with Crippen LogP contribution in [0.15, 0.2) is 48.5 Å². The molecule has 174 valence electrons. The molecule has 0 aromatic heterocycles. The van der Waals surface area contributed by atoms with Gasteiger partial charge in [0.05, 0.1) is 37.3 Å². The summed E-state index contributed by atoms with van der Waals surface area (Å²) in [4.78, 5) is 26.5. The summed E-state index contributed by atoms with van der Waals surface area (Å²) < 4.78 is 10.3. The van der Waals surface area contributed by atoms with Gasteiger partial charge in [0.1, 0.15) is 0 Å². The Morgan fingerprint density at radius 1 is 1.12 bits per heavy atom. The number of rotatable bonds is 6. The number of benzene rings is 2. The van der Waals surface area contributed by atoms with E-state index in [4.69, 9.17) is 21.7 Å². The number of thiocarbonyl (C=S) groups is 1. The lowest BCUT2D eigenvalue weighted by Crippen LogP contribution is -2.38. The molecule has 0 aliphatic carbocycles. The van der Waals surface area contributed by atoms with Crippen LogP contribution < -0.4 is 15.5 Å². The van der Waals surface area contributed by atoms with E-state index >= 15 is 0 Å². The number of carbonyl (C=O) groups excluding carboxylic acids is 2. The fourth-order valence-electron chi connectivity index (χ4n) is 3.43. The highest BCUT2D eigenvalue weighted by molar-refractivity contribution is 7.80. The molecule has 0 unspecified atom stereocenters. The summed E-state index contributed by atoms with van der Waals surface area (Å²) in [5.41, 5.74) is 4.03. The normalized spacial score (nSPS) is 13.8. The van der Waals surface area contributed by atoms with Gasteiger partial charge in [-0.3, -0.25) is 10.1 Å². The first-order valence-corrected chi connectivity index (χ1v) is 11.2. The molecular weight excluding hydrogens is 438 g/mol. The van der Waals surface area contributed by atoms with Gasteiger partial charge in [-0.15, -0.1) is 0 Å². The minimum atomic E-state index is -0.451. The van der Waals surface area contributed by atoms with Gasteiger partial charge in [-0.25, -0.2) is 4.79 Å². The minimum Gasteiger partial charge on any atom is -0.465 e. The van der Waals surface area contributed by atoms with Crippen LogP contribution in [0.3, 0.4) is 0 Å². The van der Waals surface area contributed by atoms with Gasteiger partial charge in [-0.05, 0) is 53.5 Å². The maximum Gasteiger partial charge on any atom is 0.337 e. The molecule has 3 rings (SSSR count). The molecule has 1 amide bonds. The van der Waals surface area contributed by atoms with Gasteiger partial charge in [0, 0.05) is 19.2 Å². The summed E-state index contributed by atoms with van der Waals surface area (Å²) in [5, 5.41) is 5.84. The first kappa shape index (κ1) is 24.4. The van der Waals surface area contributed by atoms with Gasteiger partial charge in [0.25, 0.3) is 0 Å². The van der Waals surface area contributed by atoms with Crippen LogP contribution in [-0.4, -0.2) is 50.4 Å². The van der Waals surface area contributed by atoms with Crippen LogP contribution in [0.5, 0.6) is 0 Å². The van der Waals surface area contributed by atoms with E-state index in [2.05, 4.69) is 41.5 Å². The van der Waals surface area contributed by atoms with Crippen LogP contribution in [0.1, 0.15) is 41.3 Å². The smallest absolute Gasteiger partial charge is 0.337 e. The van der Waals surface area contributed by atoms with E-state index in [1.807, 2.05) is 18.2 Å². The zero-order chi connectivity index (χ0) is 23.8. The van der Waals surface area contributed by atoms with Crippen LogP contribution in [0, 0.1) is 0 Å². The second kappa shape index (κ2) is 11.6. The first-order chi connectivity index (χ1) is 15.9. The Balaban J connectivity index is 1.68. The Hall–Kier alpha value is -3.23. The average molecular weight is 468 g/mol. The topological polar surface area (TPSA) is 79.9 Å². The quantitative estimate of drug-likeness (QED) is 0.378. The highest BCUT2D eigenvalue weighted by Crippen LogP contribution is 2.28. The number of amides is 1. The summed E-state index contributed by atoms with van der Waals surface area (Å²) >= 11 is 5.35. The lowest BCUT2D eigenvalue weighted by Gasteiger charge is -2.31. The minimum absolute atomic E-state index is 0.135. The Morgan fingerprint density at radius 2 is 1.82 bits per heavy atom. The molecule has 1 aliphatic heterocycles. The molecule has 7 nitrogen and oxygen atoms in total. The highest BCUT2D eigenvalue weighted by atomic mass is 32.1. The number of anilines is 2. The Kier molecular flexibility index (Phi) is 8.57. The lowest BCUT2D eigenvalue weighted by atomic mass is 10.0. The summed E-state index contributed by atoms with van der Waals surface area (Å²) in [7, 11) is 1.33. The molecule has 2 N–H and O–H groups in total. The number of nitrogens with zero attached hydrogens (tertiary/aromatic N) is 1. The van der Waals surface area contributed by atoms with Gasteiger partial charge < -0.3 is 19.7 Å². The molecule has 2 aromatic rings. The van der Waals surface area contributed by atoms with E-state index in [1.54, 1.807) is 18.2 Å². The van der Waals surface area contributed by atoms with Gasteiger partial charge in [0.15, 0.2) is 5.11 Å². The van der Waals surface area contributed by atoms with Crippen molar-refractivity contribution in [2.75, 3.05) is 43.6 Å². The number of hydrogen-bond acceptors (Lipinski definition) is 6. The number of methoxy groups -OCH3 is 1. The van der Waals surface area contributed by atoms with Crippen molar-refractivity contribution < 1.29 is 19.1 Å². The largest absolute Gasteiger partial charge is 0.465 e. The van der Waals surface area contributed by atoms with Crippen molar-refractivity contribution in [1.29, 1.82) is 0 Å². The van der Waals surface area contributed by atoms with Crippen molar-refractivity contribution in [3.63, 3.8) is 0 Å². The zero-order valence-corrected chi connectivity index (χ0v) is 19.9. The molecule has 33 heavy (non-hydrogen) atoms. The molecule has 1 heterocycles. The van der Waals surface area contributed by atoms with Crippen molar-refractivity contribution in [1.82, 2.24) is 5.32 Å². The predicted octanol–water partition coefficient (Wildman–Crippen LogP) is 3.96. The molecule has 0 radical (unpaired) electrons. The third kappa shape index (κ3) is 6.87. The number of morpholine rings is 1. The summed E-state index contributed by atoms with van der Waals surface area (Å²) in [6, 6.07) is 13.3. The number of esters is 1. The maximum atomic E-state index is 12.4. The molecule has 2 aromatic carbocycles. The van der Waals surface area contributed by atoms with E-state index in [9.17, 15) is 9.59 Å². The Morgan fingerprint density at radius 3 is 2.45 bits per heavy atom. The van der Waals surface area contributed by atoms with Crippen LogP contribution in [0.2, 0.25) is 0 Å². The molecule has 0 atom stereocenters. The SMILES string of the molecule is COC(=O)c1ccc(N2CCOCC2)c(NC(=S)NC(=O)/C=C/c2ccc(C(C)C)cc2)c1.